The highest BCUT2D eigenvalue weighted by atomic mass is 16.6. The fraction of sp³-hybridized carbons (Fsp3) is 0.759. The Bertz CT molecular complexity index is 632. The molecule has 0 aliphatic rings. The molecule has 226 valence electrons. The maximum atomic E-state index is 11.8. The van der Waals surface area contributed by atoms with Crippen molar-refractivity contribution in [1.29, 1.82) is 0 Å². The topological polar surface area (TPSA) is 100 Å². The van der Waals surface area contributed by atoms with Crippen molar-refractivity contribution in [3.8, 4) is 0 Å². The van der Waals surface area contributed by atoms with Crippen LogP contribution in [0.1, 0.15) is 43.0 Å². The van der Waals surface area contributed by atoms with Crippen LogP contribution in [0.25, 0.3) is 0 Å². The van der Waals surface area contributed by atoms with Gasteiger partial charge in [0.2, 0.25) is 0 Å². The Hall–Kier alpha value is -1.63. The Morgan fingerprint density at radius 2 is 0.821 bits per heavy atom. The van der Waals surface area contributed by atoms with Gasteiger partial charge in [0.1, 0.15) is 6.61 Å². The first kappa shape index (κ1) is 35.4. The summed E-state index contributed by atoms with van der Waals surface area (Å²) in [4.78, 5) is 11.8. The van der Waals surface area contributed by atoms with Gasteiger partial charge < -0.3 is 42.6 Å². The molecule has 0 radical (unpaired) electrons. The van der Waals surface area contributed by atoms with E-state index >= 15 is 0 Å². The molecule has 0 saturated heterocycles. The van der Waals surface area contributed by atoms with Crippen molar-refractivity contribution >= 4 is 5.97 Å². The van der Waals surface area contributed by atoms with Crippen molar-refractivity contribution in [2.24, 2.45) is 0 Å². The quantitative estimate of drug-likeness (QED) is 0.103. The van der Waals surface area contributed by atoms with Gasteiger partial charge in [0.25, 0.3) is 0 Å². The molecule has 0 fully saturated rings. The highest BCUT2D eigenvalue weighted by Crippen LogP contribution is 2.01. The maximum absolute atomic E-state index is 11.8. The molecule has 0 aromatic heterocycles. The summed E-state index contributed by atoms with van der Waals surface area (Å²) in [5.74, 6) is -0.351. The van der Waals surface area contributed by atoms with Crippen molar-refractivity contribution < 1.29 is 47.4 Å². The number of esters is 1. The average molecular weight is 559 g/mol. The molecular formula is C29H50O10. The van der Waals surface area contributed by atoms with Gasteiger partial charge in [-0.2, -0.15) is 0 Å². The number of carbonyl (C=O) groups excluding carboxylic acids is 1. The van der Waals surface area contributed by atoms with Gasteiger partial charge in [-0.1, -0.05) is 44.4 Å². The number of rotatable bonds is 30. The SMILES string of the molecule is CCCCCCOCCOCCOCCOCCOCCOCCOCCOCCOC(=O)c1ccccc1. The Labute approximate surface area is 234 Å². The van der Waals surface area contributed by atoms with Crippen LogP contribution in [0.5, 0.6) is 0 Å². The van der Waals surface area contributed by atoms with E-state index < -0.39 is 0 Å². The highest BCUT2D eigenvalue weighted by Gasteiger charge is 2.05. The Morgan fingerprint density at radius 3 is 1.21 bits per heavy atom. The van der Waals surface area contributed by atoms with E-state index in [0.29, 0.717) is 105 Å². The minimum Gasteiger partial charge on any atom is -0.460 e. The summed E-state index contributed by atoms with van der Waals surface area (Å²) in [7, 11) is 0. The summed E-state index contributed by atoms with van der Waals surface area (Å²) in [6.07, 6.45) is 4.89. The zero-order chi connectivity index (χ0) is 27.9. The first-order valence-electron chi connectivity index (χ1n) is 14.2. The molecule has 0 aliphatic carbocycles. The van der Waals surface area contributed by atoms with Crippen LogP contribution in [0.3, 0.4) is 0 Å². The lowest BCUT2D eigenvalue weighted by atomic mass is 10.2. The molecule has 0 heterocycles. The van der Waals surface area contributed by atoms with E-state index in [1.54, 1.807) is 24.3 Å². The van der Waals surface area contributed by atoms with Gasteiger partial charge in [-0.25, -0.2) is 4.79 Å². The zero-order valence-electron chi connectivity index (χ0n) is 23.8. The van der Waals surface area contributed by atoms with Gasteiger partial charge >= 0.3 is 5.97 Å². The summed E-state index contributed by atoms with van der Waals surface area (Å²) < 4.78 is 48.8. The number of benzene rings is 1. The van der Waals surface area contributed by atoms with E-state index in [-0.39, 0.29) is 12.6 Å². The monoisotopic (exact) mass is 558 g/mol. The van der Waals surface area contributed by atoms with Gasteiger partial charge in [0.05, 0.1) is 105 Å². The predicted molar refractivity (Wildman–Crippen MR) is 147 cm³/mol. The smallest absolute Gasteiger partial charge is 0.338 e. The molecule has 0 spiro atoms. The van der Waals surface area contributed by atoms with Crippen LogP contribution < -0.4 is 0 Å². The van der Waals surface area contributed by atoms with Gasteiger partial charge in [0, 0.05) is 6.61 Å². The van der Waals surface area contributed by atoms with Crippen LogP contribution in [-0.2, 0) is 42.6 Å². The van der Waals surface area contributed by atoms with Gasteiger partial charge in [-0.15, -0.1) is 0 Å². The van der Waals surface area contributed by atoms with Crippen molar-refractivity contribution in [1.82, 2.24) is 0 Å². The van der Waals surface area contributed by atoms with Crippen molar-refractivity contribution in [2.75, 3.05) is 112 Å². The average Bonchev–Trinajstić information content (AvgIpc) is 2.96. The molecule has 0 atom stereocenters. The molecule has 39 heavy (non-hydrogen) atoms. The van der Waals surface area contributed by atoms with Crippen molar-refractivity contribution in [3.63, 3.8) is 0 Å². The third-order valence-corrected chi connectivity index (χ3v) is 5.22. The molecule has 0 N–H and O–H groups in total. The summed E-state index contributed by atoms with van der Waals surface area (Å²) in [5.41, 5.74) is 0.531. The van der Waals surface area contributed by atoms with E-state index in [9.17, 15) is 4.79 Å². The molecule has 0 unspecified atom stereocenters. The van der Waals surface area contributed by atoms with Gasteiger partial charge in [-0.05, 0) is 18.6 Å². The second-order valence-corrected chi connectivity index (χ2v) is 8.46. The lowest BCUT2D eigenvalue weighted by Gasteiger charge is -2.09. The lowest BCUT2D eigenvalue weighted by molar-refractivity contribution is -0.0244. The molecular weight excluding hydrogens is 508 g/mol. The molecule has 1 aromatic carbocycles. The second kappa shape index (κ2) is 29.4. The van der Waals surface area contributed by atoms with Crippen LogP contribution in [0.4, 0.5) is 0 Å². The number of carbonyl (C=O) groups is 1. The minimum absolute atomic E-state index is 0.209. The molecule has 0 saturated carbocycles. The zero-order valence-corrected chi connectivity index (χ0v) is 23.8. The maximum Gasteiger partial charge on any atom is 0.338 e. The van der Waals surface area contributed by atoms with Crippen molar-refractivity contribution in [2.45, 2.75) is 32.6 Å². The first-order valence-corrected chi connectivity index (χ1v) is 14.2. The molecule has 10 nitrogen and oxygen atoms in total. The predicted octanol–water partition coefficient (Wildman–Crippen LogP) is 3.56. The Kier molecular flexibility index (Phi) is 26.6. The third-order valence-electron chi connectivity index (χ3n) is 5.22. The van der Waals surface area contributed by atoms with E-state index in [2.05, 4.69) is 6.92 Å². The van der Waals surface area contributed by atoms with E-state index in [1.807, 2.05) is 6.07 Å². The van der Waals surface area contributed by atoms with E-state index in [0.717, 1.165) is 13.0 Å². The summed E-state index contributed by atoms with van der Waals surface area (Å²) in [6, 6.07) is 8.87. The second-order valence-electron chi connectivity index (χ2n) is 8.46. The summed E-state index contributed by atoms with van der Waals surface area (Å²) in [6.45, 7) is 10.9. The molecule has 0 aliphatic heterocycles. The number of unbranched alkanes of at least 4 members (excludes halogenated alkanes) is 3. The fourth-order valence-electron chi connectivity index (χ4n) is 3.12. The highest BCUT2D eigenvalue weighted by molar-refractivity contribution is 5.89. The third kappa shape index (κ3) is 25.1. The molecule has 1 aromatic rings. The molecule has 1 rings (SSSR count). The number of hydrogen-bond donors (Lipinski definition) is 0. The van der Waals surface area contributed by atoms with Crippen LogP contribution in [-0.4, -0.2) is 118 Å². The fourth-order valence-corrected chi connectivity index (χ4v) is 3.12. The van der Waals surface area contributed by atoms with E-state index in [4.69, 9.17) is 42.6 Å². The van der Waals surface area contributed by atoms with Gasteiger partial charge in [-0.3, -0.25) is 0 Å². The standard InChI is InChI=1S/C29H50O10/c1-2-3-4-8-11-31-12-13-32-14-15-33-16-17-34-18-19-35-20-21-36-22-23-37-24-25-38-26-27-39-29(30)28-9-6-5-7-10-28/h5-7,9-10H,2-4,8,11-27H2,1H3. The molecule has 0 bridgehead atoms. The first-order chi connectivity index (χ1) is 19.3. The van der Waals surface area contributed by atoms with E-state index in [1.165, 1.54) is 19.3 Å². The lowest BCUT2D eigenvalue weighted by Crippen LogP contribution is -2.15. The van der Waals surface area contributed by atoms with Crippen LogP contribution >= 0.6 is 0 Å². The minimum atomic E-state index is -0.351. The van der Waals surface area contributed by atoms with Crippen LogP contribution in [0, 0.1) is 0 Å². The summed E-state index contributed by atoms with van der Waals surface area (Å²) >= 11 is 0. The van der Waals surface area contributed by atoms with Gasteiger partial charge in [0.15, 0.2) is 0 Å². The number of ether oxygens (including phenoxy) is 9. The number of hydrogen-bond acceptors (Lipinski definition) is 10. The van der Waals surface area contributed by atoms with Crippen LogP contribution in [0.2, 0.25) is 0 Å². The van der Waals surface area contributed by atoms with Crippen LogP contribution in [0.15, 0.2) is 30.3 Å². The van der Waals surface area contributed by atoms with Crippen molar-refractivity contribution in [3.05, 3.63) is 35.9 Å². The molecule has 10 heteroatoms. The Morgan fingerprint density at radius 1 is 0.462 bits per heavy atom. The normalized spacial score (nSPS) is 11.2. The molecule has 0 amide bonds. The largest absolute Gasteiger partial charge is 0.460 e. The Balaban J connectivity index is 1.65. The summed E-state index contributed by atoms with van der Waals surface area (Å²) in [5, 5.41) is 0.